The number of carbonyl (C=O) groups is 1. The zero-order valence-corrected chi connectivity index (χ0v) is 12.0. The number of amides is 1. The number of hydrogen-bond donors (Lipinski definition) is 2. The van der Waals surface area contributed by atoms with Gasteiger partial charge < -0.3 is 5.32 Å². The number of rotatable bonds is 5. The number of para-hydroxylation sites is 1. The fourth-order valence-electron chi connectivity index (χ4n) is 1.54. The maximum Gasteiger partial charge on any atom is 0.238 e. The Balaban J connectivity index is 1.84. The van der Waals surface area contributed by atoms with Crippen molar-refractivity contribution >= 4 is 34.5 Å². The number of nitrogens with zero attached hydrogens (tertiary/aromatic N) is 1. The van der Waals surface area contributed by atoms with Gasteiger partial charge in [-0.05, 0) is 19.1 Å². The molecule has 2 N–H and O–H groups in total. The van der Waals surface area contributed by atoms with E-state index >= 15 is 0 Å². The molecule has 0 saturated carbocycles. The molecule has 0 fully saturated rings. The molecule has 1 unspecified atom stereocenters. The van der Waals surface area contributed by atoms with Crippen molar-refractivity contribution in [3.8, 4) is 0 Å². The largest absolute Gasteiger partial charge is 0.324 e. The monoisotopic (exact) mass is 295 g/mol. The molecule has 6 heteroatoms. The highest BCUT2D eigenvalue weighted by molar-refractivity contribution is 7.09. The number of halogens is 1. The number of hydrogen-bond acceptors (Lipinski definition) is 4. The summed E-state index contributed by atoms with van der Waals surface area (Å²) in [5.74, 6) is -0.128. The molecule has 1 heterocycles. The summed E-state index contributed by atoms with van der Waals surface area (Å²) in [6.45, 7) is 2.19. The van der Waals surface area contributed by atoms with E-state index in [-0.39, 0.29) is 18.5 Å². The van der Waals surface area contributed by atoms with Gasteiger partial charge in [-0.15, -0.1) is 11.3 Å². The van der Waals surface area contributed by atoms with Gasteiger partial charge in [-0.1, -0.05) is 23.7 Å². The molecule has 0 aliphatic rings. The molecule has 1 aromatic carbocycles. The second-order valence-corrected chi connectivity index (χ2v) is 5.33. The van der Waals surface area contributed by atoms with Gasteiger partial charge in [0.2, 0.25) is 5.91 Å². The summed E-state index contributed by atoms with van der Waals surface area (Å²) in [4.78, 5) is 16.0. The lowest BCUT2D eigenvalue weighted by molar-refractivity contribution is -0.115. The molecule has 2 aromatic rings. The van der Waals surface area contributed by atoms with Crippen LogP contribution in [0.3, 0.4) is 0 Å². The molecule has 0 radical (unpaired) electrons. The smallest absolute Gasteiger partial charge is 0.238 e. The van der Waals surface area contributed by atoms with Gasteiger partial charge in [-0.3, -0.25) is 10.1 Å². The van der Waals surface area contributed by atoms with Gasteiger partial charge in [0, 0.05) is 11.6 Å². The Morgan fingerprint density at radius 3 is 2.95 bits per heavy atom. The Kier molecular flexibility index (Phi) is 4.90. The van der Waals surface area contributed by atoms with E-state index in [0.717, 1.165) is 5.01 Å². The highest BCUT2D eigenvalue weighted by atomic mass is 35.5. The lowest BCUT2D eigenvalue weighted by atomic mass is 10.3. The zero-order valence-electron chi connectivity index (χ0n) is 10.4. The molecule has 100 valence electrons. The number of nitrogens with one attached hydrogen (secondary N) is 2. The van der Waals surface area contributed by atoms with Crippen LogP contribution in [0.5, 0.6) is 0 Å². The standard InChI is InChI=1S/C13H14ClN3OS/c1-9(13-15-6-7-19-13)16-8-12(18)17-11-5-3-2-4-10(11)14/h2-7,9,16H,8H2,1H3,(H,17,18). The number of aromatic nitrogens is 1. The normalized spacial score (nSPS) is 12.1. The summed E-state index contributed by atoms with van der Waals surface area (Å²) in [5.41, 5.74) is 0.623. The van der Waals surface area contributed by atoms with Crippen LogP contribution < -0.4 is 10.6 Å². The molecule has 2 rings (SSSR count). The second kappa shape index (κ2) is 6.65. The number of benzene rings is 1. The molecule has 0 spiro atoms. The van der Waals surface area contributed by atoms with Gasteiger partial charge in [0.1, 0.15) is 5.01 Å². The second-order valence-electron chi connectivity index (χ2n) is 4.00. The van der Waals surface area contributed by atoms with Crippen molar-refractivity contribution in [1.29, 1.82) is 0 Å². The third-order valence-electron chi connectivity index (χ3n) is 2.54. The van der Waals surface area contributed by atoms with Crippen molar-refractivity contribution in [2.24, 2.45) is 0 Å². The van der Waals surface area contributed by atoms with Crippen LogP contribution in [0, 0.1) is 0 Å². The predicted molar refractivity (Wildman–Crippen MR) is 78.6 cm³/mol. The van der Waals surface area contributed by atoms with Crippen LogP contribution in [0.1, 0.15) is 18.0 Å². The maximum absolute atomic E-state index is 11.8. The molecular formula is C13H14ClN3OS. The van der Waals surface area contributed by atoms with E-state index in [1.165, 1.54) is 0 Å². The van der Waals surface area contributed by atoms with E-state index in [0.29, 0.717) is 10.7 Å². The van der Waals surface area contributed by atoms with Gasteiger partial charge >= 0.3 is 0 Å². The zero-order chi connectivity index (χ0) is 13.7. The van der Waals surface area contributed by atoms with Crippen LogP contribution in [0.2, 0.25) is 5.02 Å². The molecule has 4 nitrogen and oxygen atoms in total. The van der Waals surface area contributed by atoms with Crippen molar-refractivity contribution in [2.75, 3.05) is 11.9 Å². The van der Waals surface area contributed by atoms with E-state index in [4.69, 9.17) is 11.6 Å². The van der Waals surface area contributed by atoms with Crippen LogP contribution in [0.25, 0.3) is 0 Å². The van der Waals surface area contributed by atoms with E-state index in [2.05, 4.69) is 15.6 Å². The predicted octanol–water partition coefficient (Wildman–Crippen LogP) is 3.09. The Bertz CT molecular complexity index is 545. The molecule has 19 heavy (non-hydrogen) atoms. The first-order valence-electron chi connectivity index (χ1n) is 5.84. The van der Waals surface area contributed by atoms with Gasteiger partial charge in [-0.25, -0.2) is 4.98 Å². The summed E-state index contributed by atoms with van der Waals surface area (Å²) < 4.78 is 0. The number of anilines is 1. The van der Waals surface area contributed by atoms with Crippen LogP contribution >= 0.6 is 22.9 Å². The summed E-state index contributed by atoms with van der Waals surface area (Å²) in [6, 6.07) is 7.21. The van der Waals surface area contributed by atoms with Crippen LogP contribution in [0.4, 0.5) is 5.69 Å². The summed E-state index contributed by atoms with van der Waals surface area (Å²) in [7, 11) is 0. The maximum atomic E-state index is 11.8. The van der Waals surface area contributed by atoms with E-state index in [9.17, 15) is 4.79 Å². The number of carbonyl (C=O) groups excluding carboxylic acids is 1. The molecule has 0 bridgehead atoms. The fourth-order valence-corrected chi connectivity index (χ4v) is 2.39. The van der Waals surface area contributed by atoms with Crippen molar-refractivity contribution in [2.45, 2.75) is 13.0 Å². The SMILES string of the molecule is CC(NCC(=O)Nc1ccccc1Cl)c1nccs1. The average Bonchev–Trinajstić information content (AvgIpc) is 2.93. The van der Waals surface area contributed by atoms with Crippen LogP contribution in [0.15, 0.2) is 35.8 Å². The highest BCUT2D eigenvalue weighted by Gasteiger charge is 2.10. The number of thiazole rings is 1. The minimum Gasteiger partial charge on any atom is -0.324 e. The molecule has 1 aromatic heterocycles. The van der Waals surface area contributed by atoms with Crippen molar-refractivity contribution < 1.29 is 4.79 Å². The van der Waals surface area contributed by atoms with E-state index < -0.39 is 0 Å². The molecular weight excluding hydrogens is 282 g/mol. The first-order chi connectivity index (χ1) is 9.16. The van der Waals surface area contributed by atoms with Gasteiger partial charge in [0.15, 0.2) is 0 Å². The Morgan fingerprint density at radius 2 is 2.26 bits per heavy atom. The van der Waals surface area contributed by atoms with Crippen molar-refractivity contribution in [3.05, 3.63) is 45.9 Å². The van der Waals surface area contributed by atoms with Gasteiger partial charge in [-0.2, -0.15) is 0 Å². The Hall–Kier alpha value is -1.43. The minimum absolute atomic E-state index is 0.0528. The lowest BCUT2D eigenvalue weighted by Gasteiger charge is -2.11. The highest BCUT2D eigenvalue weighted by Crippen LogP contribution is 2.20. The first kappa shape index (κ1) is 14.0. The van der Waals surface area contributed by atoms with Crippen molar-refractivity contribution in [1.82, 2.24) is 10.3 Å². The van der Waals surface area contributed by atoms with E-state index in [1.54, 1.807) is 29.7 Å². The van der Waals surface area contributed by atoms with E-state index in [1.807, 2.05) is 24.4 Å². The molecule has 0 aliphatic carbocycles. The third-order valence-corrected chi connectivity index (χ3v) is 3.83. The summed E-state index contributed by atoms with van der Waals surface area (Å²) >= 11 is 7.53. The average molecular weight is 296 g/mol. The summed E-state index contributed by atoms with van der Waals surface area (Å²) in [5, 5.41) is 9.29. The Labute approximate surface area is 120 Å². The Morgan fingerprint density at radius 1 is 1.47 bits per heavy atom. The lowest BCUT2D eigenvalue weighted by Crippen LogP contribution is -2.30. The summed E-state index contributed by atoms with van der Waals surface area (Å²) in [6.07, 6.45) is 1.75. The third kappa shape index (κ3) is 4.02. The first-order valence-corrected chi connectivity index (χ1v) is 7.09. The van der Waals surface area contributed by atoms with Gasteiger partial charge in [0.05, 0.1) is 23.3 Å². The molecule has 0 saturated heterocycles. The molecule has 1 amide bonds. The minimum atomic E-state index is -0.128. The van der Waals surface area contributed by atoms with Crippen molar-refractivity contribution in [3.63, 3.8) is 0 Å². The van der Waals surface area contributed by atoms with Gasteiger partial charge in [0.25, 0.3) is 0 Å². The topological polar surface area (TPSA) is 54.0 Å². The van der Waals surface area contributed by atoms with Crippen LogP contribution in [-0.2, 0) is 4.79 Å². The quantitative estimate of drug-likeness (QED) is 0.891. The fraction of sp³-hybridized carbons (Fsp3) is 0.231. The molecule has 0 aliphatic heterocycles. The molecule has 1 atom stereocenters. The van der Waals surface area contributed by atoms with Crippen LogP contribution in [-0.4, -0.2) is 17.4 Å².